The number of carbonyl (C=O) groups is 1. The molecule has 4 rings (SSSR count). The Balaban J connectivity index is 1.84. The minimum Gasteiger partial charge on any atom is -0.497 e. The van der Waals surface area contributed by atoms with E-state index >= 15 is 0 Å². The zero-order chi connectivity index (χ0) is 24.9. The largest absolute Gasteiger partial charge is 0.497 e. The van der Waals surface area contributed by atoms with Crippen LogP contribution in [0.2, 0.25) is 0 Å². The number of rotatable bonds is 8. The van der Waals surface area contributed by atoms with Gasteiger partial charge in [0.15, 0.2) is 11.6 Å². The Morgan fingerprint density at radius 3 is 2.06 bits per heavy atom. The number of anilines is 5. The number of para-hydroxylation sites is 2. The fraction of sp³-hybridized carbons (Fsp3) is 0.125. The lowest BCUT2D eigenvalue weighted by molar-refractivity contribution is -0.114. The molecule has 0 radical (unpaired) electrons. The maximum atomic E-state index is 12.5. The van der Waals surface area contributed by atoms with Gasteiger partial charge in [0, 0.05) is 36.5 Å². The van der Waals surface area contributed by atoms with E-state index < -0.39 is 11.3 Å². The fourth-order valence-corrected chi connectivity index (χ4v) is 3.98. The summed E-state index contributed by atoms with van der Waals surface area (Å²) in [7, 11) is 3.09. The molecule has 4 aromatic rings. The predicted octanol–water partition coefficient (Wildman–Crippen LogP) is 4.62. The number of carbonyl (C=O) groups excluding carboxylic acids is 1. The van der Waals surface area contributed by atoms with E-state index in [-0.39, 0.29) is 17.5 Å². The molecule has 0 bridgehead atoms. The molecule has 1 unspecified atom stereocenters. The molecule has 1 atom stereocenters. The number of benzene rings is 3. The van der Waals surface area contributed by atoms with E-state index in [0.29, 0.717) is 39.6 Å². The Kier molecular flexibility index (Phi) is 7.09. The molecule has 35 heavy (non-hydrogen) atoms. The van der Waals surface area contributed by atoms with Crippen molar-refractivity contribution in [2.75, 3.05) is 29.2 Å². The van der Waals surface area contributed by atoms with Crippen LogP contribution >= 0.6 is 0 Å². The van der Waals surface area contributed by atoms with E-state index in [1.165, 1.54) is 6.92 Å². The molecule has 0 spiro atoms. The Morgan fingerprint density at radius 1 is 0.914 bits per heavy atom. The van der Waals surface area contributed by atoms with Crippen molar-refractivity contribution >= 4 is 56.9 Å². The van der Waals surface area contributed by atoms with Gasteiger partial charge in [-0.1, -0.05) is 12.1 Å². The second kappa shape index (κ2) is 10.4. The van der Waals surface area contributed by atoms with Crippen molar-refractivity contribution in [3.05, 3.63) is 66.7 Å². The topological polar surface area (TPSA) is 126 Å². The first-order valence-corrected chi connectivity index (χ1v) is 11.5. The van der Waals surface area contributed by atoms with Gasteiger partial charge in [-0.3, -0.25) is 9.35 Å². The van der Waals surface area contributed by atoms with Crippen LogP contribution in [0, 0.1) is 0 Å². The van der Waals surface area contributed by atoms with Crippen molar-refractivity contribution in [1.29, 1.82) is 0 Å². The maximum Gasteiger partial charge on any atom is 0.268 e. The Bertz CT molecular complexity index is 1370. The Morgan fingerprint density at radius 2 is 1.51 bits per heavy atom. The van der Waals surface area contributed by atoms with Gasteiger partial charge < -0.3 is 20.1 Å². The van der Waals surface area contributed by atoms with Crippen molar-refractivity contribution in [2.24, 2.45) is 0 Å². The number of hydrogen-bond donors (Lipinski definition) is 3. The third-order valence-corrected chi connectivity index (χ3v) is 5.63. The van der Waals surface area contributed by atoms with Crippen LogP contribution in [0.1, 0.15) is 6.92 Å². The summed E-state index contributed by atoms with van der Waals surface area (Å²) in [6.45, 7) is 1.40. The molecule has 0 aliphatic rings. The number of nitrogens with zero attached hydrogens (tertiary/aromatic N) is 3. The highest BCUT2D eigenvalue weighted by atomic mass is 32.2. The van der Waals surface area contributed by atoms with Crippen molar-refractivity contribution in [3.63, 3.8) is 0 Å². The SMILES string of the molecule is COc1cc(Nc2nc3ccccc3nc2N(c2ccc(NC(C)=O)cc2)S(=O)O)cc(OC)c1. The molecule has 180 valence electrons. The molecular weight excluding hydrogens is 470 g/mol. The van der Waals surface area contributed by atoms with Gasteiger partial charge in [0.25, 0.3) is 11.3 Å². The van der Waals surface area contributed by atoms with Crippen LogP contribution in [0.3, 0.4) is 0 Å². The number of aromatic nitrogens is 2. The number of ether oxygens (including phenoxy) is 2. The van der Waals surface area contributed by atoms with Gasteiger partial charge in [-0.25, -0.2) is 18.5 Å². The predicted molar refractivity (Wildman–Crippen MR) is 136 cm³/mol. The van der Waals surface area contributed by atoms with E-state index in [9.17, 15) is 13.6 Å². The summed E-state index contributed by atoms with van der Waals surface area (Å²) in [6.07, 6.45) is 0. The highest BCUT2D eigenvalue weighted by Crippen LogP contribution is 2.36. The number of methoxy groups -OCH3 is 2. The van der Waals surface area contributed by atoms with Gasteiger partial charge in [-0.05, 0) is 36.4 Å². The monoisotopic (exact) mass is 493 g/mol. The number of hydrogen-bond acceptors (Lipinski definition) is 7. The molecule has 1 amide bonds. The van der Waals surface area contributed by atoms with Crippen LogP contribution in [-0.2, 0) is 16.1 Å². The van der Waals surface area contributed by atoms with Gasteiger partial charge in [-0.15, -0.1) is 0 Å². The first-order valence-electron chi connectivity index (χ1n) is 10.4. The van der Waals surface area contributed by atoms with Gasteiger partial charge in [0.2, 0.25) is 5.91 Å². The van der Waals surface area contributed by atoms with Crippen LogP contribution in [0.5, 0.6) is 11.5 Å². The smallest absolute Gasteiger partial charge is 0.268 e. The van der Waals surface area contributed by atoms with Gasteiger partial charge in [0.1, 0.15) is 11.5 Å². The highest BCUT2D eigenvalue weighted by molar-refractivity contribution is 7.81. The lowest BCUT2D eigenvalue weighted by atomic mass is 10.2. The van der Waals surface area contributed by atoms with Crippen molar-refractivity contribution in [1.82, 2.24) is 9.97 Å². The molecule has 3 aromatic carbocycles. The second-order valence-corrected chi connectivity index (χ2v) is 8.19. The van der Waals surface area contributed by atoms with Crippen LogP contribution < -0.4 is 24.4 Å². The first kappa shape index (κ1) is 23.9. The van der Waals surface area contributed by atoms with Crippen molar-refractivity contribution < 1.29 is 23.0 Å². The van der Waals surface area contributed by atoms with E-state index in [0.717, 1.165) is 4.31 Å². The van der Waals surface area contributed by atoms with E-state index in [2.05, 4.69) is 20.6 Å². The average Bonchev–Trinajstić information content (AvgIpc) is 2.84. The van der Waals surface area contributed by atoms with E-state index in [1.54, 1.807) is 68.8 Å². The molecular formula is C24H23N5O5S. The third kappa shape index (κ3) is 5.48. The molecule has 11 heteroatoms. The van der Waals surface area contributed by atoms with Crippen LogP contribution in [0.15, 0.2) is 66.7 Å². The van der Waals surface area contributed by atoms with Crippen molar-refractivity contribution in [2.45, 2.75) is 6.92 Å². The summed E-state index contributed by atoms with van der Waals surface area (Å²) in [6, 6.07) is 18.9. The van der Waals surface area contributed by atoms with Crippen LogP contribution in [0.25, 0.3) is 11.0 Å². The summed E-state index contributed by atoms with van der Waals surface area (Å²) in [5.41, 5.74) is 2.64. The average molecular weight is 494 g/mol. The Hall–Kier alpha value is -4.22. The Labute approximate surface area is 204 Å². The lowest BCUT2D eigenvalue weighted by Gasteiger charge is -2.22. The summed E-state index contributed by atoms with van der Waals surface area (Å²) in [5, 5.41) is 5.85. The fourth-order valence-electron chi connectivity index (χ4n) is 3.40. The quantitative estimate of drug-likeness (QED) is 0.304. The van der Waals surface area contributed by atoms with Gasteiger partial charge >= 0.3 is 0 Å². The zero-order valence-electron chi connectivity index (χ0n) is 19.2. The molecule has 0 saturated heterocycles. The number of fused-ring (bicyclic) bond motifs is 1. The number of nitrogens with one attached hydrogen (secondary N) is 2. The molecule has 1 heterocycles. The highest BCUT2D eigenvalue weighted by Gasteiger charge is 2.23. The summed E-state index contributed by atoms with van der Waals surface area (Å²) < 4.78 is 34.6. The zero-order valence-corrected chi connectivity index (χ0v) is 20.0. The third-order valence-electron chi connectivity index (χ3n) is 4.94. The minimum atomic E-state index is -2.49. The molecule has 10 nitrogen and oxygen atoms in total. The van der Waals surface area contributed by atoms with Crippen LogP contribution in [0.4, 0.5) is 28.7 Å². The van der Waals surface area contributed by atoms with Gasteiger partial charge in [-0.2, -0.15) is 0 Å². The van der Waals surface area contributed by atoms with Gasteiger partial charge in [0.05, 0.1) is 30.9 Å². The van der Waals surface area contributed by atoms with Crippen molar-refractivity contribution in [3.8, 4) is 11.5 Å². The first-order chi connectivity index (χ1) is 16.9. The molecule has 0 aliphatic carbocycles. The minimum absolute atomic E-state index is 0.124. The molecule has 3 N–H and O–H groups in total. The van der Waals surface area contributed by atoms with E-state index in [1.807, 2.05) is 12.1 Å². The number of amides is 1. The standard InChI is InChI=1S/C24H23N5O5S/c1-15(30)25-16-8-10-18(11-9-16)29(35(31)32)24-23(27-21-6-4-5-7-22(21)28-24)26-17-12-19(33-2)14-20(13-17)34-3/h4-14H,1-3H3,(H,25,30)(H,26,27)(H,31,32). The summed E-state index contributed by atoms with van der Waals surface area (Å²) >= 11 is -2.49. The summed E-state index contributed by atoms with van der Waals surface area (Å²) in [4.78, 5) is 20.6. The van der Waals surface area contributed by atoms with Crippen LogP contribution in [-0.4, -0.2) is 38.9 Å². The second-order valence-electron chi connectivity index (χ2n) is 7.36. The lowest BCUT2D eigenvalue weighted by Crippen LogP contribution is -2.22. The maximum absolute atomic E-state index is 12.5. The molecule has 0 saturated carbocycles. The summed E-state index contributed by atoms with van der Waals surface area (Å²) in [5.74, 6) is 1.25. The van der Waals surface area contributed by atoms with E-state index in [4.69, 9.17) is 9.47 Å². The molecule has 1 aromatic heterocycles. The molecule has 0 aliphatic heterocycles. The molecule has 0 fully saturated rings. The normalized spacial score (nSPS) is 11.5.